The lowest BCUT2D eigenvalue weighted by atomic mass is 10.0. The number of aliphatic hydroxyl groups is 1. The molecule has 26 heavy (non-hydrogen) atoms. The lowest BCUT2D eigenvalue weighted by molar-refractivity contribution is -0.130. The molecular formula is C19H14N2O3S2. The smallest absolute Gasteiger partial charge is 0.290 e. The van der Waals surface area contributed by atoms with Crippen LogP contribution in [0.25, 0.3) is 0 Å². The molecule has 1 aliphatic rings. The van der Waals surface area contributed by atoms with Gasteiger partial charge in [0.1, 0.15) is 6.04 Å². The molecule has 0 fully saturated rings. The average Bonchev–Trinajstić information content (AvgIpc) is 3.40. The van der Waals surface area contributed by atoms with E-state index in [1.54, 1.807) is 29.9 Å². The molecule has 7 heteroatoms. The maximum atomic E-state index is 13.0. The van der Waals surface area contributed by atoms with Gasteiger partial charge in [-0.1, -0.05) is 12.1 Å². The second kappa shape index (κ2) is 6.86. The Morgan fingerprint density at radius 1 is 1.12 bits per heavy atom. The highest BCUT2D eigenvalue weighted by molar-refractivity contribution is 7.12. The first-order valence-corrected chi connectivity index (χ1v) is 9.67. The number of nitrogens with zero attached hydrogens (tertiary/aromatic N) is 2. The molecule has 0 aliphatic carbocycles. The van der Waals surface area contributed by atoms with Crippen LogP contribution in [-0.4, -0.2) is 26.7 Å². The normalized spacial score (nSPS) is 17.2. The Balaban J connectivity index is 1.77. The molecule has 1 unspecified atom stereocenters. The molecule has 4 rings (SSSR count). The summed E-state index contributed by atoms with van der Waals surface area (Å²) in [7, 11) is 0. The van der Waals surface area contributed by atoms with E-state index in [2.05, 4.69) is 4.98 Å². The van der Waals surface area contributed by atoms with E-state index >= 15 is 0 Å². The van der Waals surface area contributed by atoms with Gasteiger partial charge in [0.05, 0.1) is 10.5 Å². The Kier molecular flexibility index (Phi) is 4.40. The summed E-state index contributed by atoms with van der Waals surface area (Å²) in [6, 6.07) is 10.3. The van der Waals surface area contributed by atoms with Crippen molar-refractivity contribution in [1.82, 2.24) is 9.88 Å². The highest BCUT2D eigenvalue weighted by atomic mass is 32.1. The third kappa shape index (κ3) is 2.85. The first kappa shape index (κ1) is 16.7. The predicted octanol–water partition coefficient (Wildman–Crippen LogP) is 3.98. The Labute approximate surface area is 157 Å². The minimum Gasteiger partial charge on any atom is -0.503 e. The van der Waals surface area contributed by atoms with Crippen molar-refractivity contribution in [2.24, 2.45) is 0 Å². The molecule has 0 saturated carbocycles. The Hall–Kier alpha value is -2.77. The summed E-state index contributed by atoms with van der Waals surface area (Å²) in [5, 5.41) is 14.2. The van der Waals surface area contributed by atoms with Crippen molar-refractivity contribution in [2.75, 3.05) is 0 Å². The molecule has 0 saturated heterocycles. The number of hydrogen-bond acceptors (Lipinski definition) is 6. The zero-order valence-corrected chi connectivity index (χ0v) is 15.2. The van der Waals surface area contributed by atoms with Gasteiger partial charge in [0.15, 0.2) is 5.76 Å². The fraction of sp³-hybridized carbons (Fsp3) is 0.105. The van der Waals surface area contributed by atoms with Crippen LogP contribution < -0.4 is 0 Å². The van der Waals surface area contributed by atoms with Crippen LogP contribution in [0.1, 0.15) is 26.2 Å². The number of pyridine rings is 1. The van der Waals surface area contributed by atoms with E-state index in [1.165, 1.54) is 27.6 Å². The third-order valence-corrected chi connectivity index (χ3v) is 6.00. The number of carbonyl (C=O) groups is 2. The van der Waals surface area contributed by atoms with E-state index < -0.39 is 17.7 Å². The van der Waals surface area contributed by atoms with E-state index in [-0.39, 0.29) is 17.9 Å². The molecule has 1 amide bonds. The van der Waals surface area contributed by atoms with E-state index in [4.69, 9.17) is 0 Å². The Morgan fingerprint density at radius 2 is 1.85 bits per heavy atom. The molecule has 1 aliphatic heterocycles. The van der Waals surface area contributed by atoms with Gasteiger partial charge in [-0.25, -0.2) is 0 Å². The van der Waals surface area contributed by atoms with Crippen LogP contribution in [0.2, 0.25) is 0 Å². The second-order valence-corrected chi connectivity index (χ2v) is 7.70. The summed E-state index contributed by atoms with van der Waals surface area (Å²) in [4.78, 5) is 32.6. The van der Waals surface area contributed by atoms with E-state index in [0.29, 0.717) is 4.88 Å². The van der Waals surface area contributed by atoms with Gasteiger partial charge in [-0.05, 0) is 40.6 Å². The number of Topliss-reactive ketones (excluding diaryl/α,β-unsaturated/α-hetero) is 1. The van der Waals surface area contributed by atoms with Gasteiger partial charge >= 0.3 is 0 Å². The molecular weight excluding hydrogens is 368 g/mol. The van der Waals surface area contributed by atoms with E-state index in [0.717, 1.165) is 10.4 Å². The van der Waals surface area contributed by atoms with E-state index in [1.807, 2.05) is 29.6 Å². The standard InChI is InChI=1S/C19H14N2O3S2/c22-17(14-4-2-10-26-14)15-16(13-3-1-9-25-13)21(19(24)18(15)23)11-12-5-7-20-8-6-12/h1-10,16,23H,11H2. The number of thiophene rings is 2. The molecule has 130 valence electrons. The molecule has 5 nitrogen and oxygen atoms in total. The van der Waals surface area contributed by atoms with Crippen LogP contribution >= 0.6 is 22.7 Å². The molecule has 3 aromatic heterocycles. The van der Waals surface area contributed by atoms with Crippen LogP contribution in [0.3, 0.4) is 0 Å². The largest absolute Gasteiger partial charge is 0.503 e. The Morgan fingerprint density at radius 3 is 2.50 bits per heavy atom. The van der Waals surface area contributed by atoms with Crippen molar-refractivity contribution in [3.05, 3.63) is 86.2 Å². The van der Waals surface area contributed by atoms with Crippen LogP contribution in [-0.2, 0) is 11.3 Å². The molecule has 0 bridgehead atoms. The fourth-order valence-corrected chi connectivity index (χ4v) is 4.54. The second-order valence-electron chi connectivity index (χ2n) is 5.78. The number of amides is 1. The average molecular weight is 382 g/mol. The number of ketones is 1. The number of rotatable bonds is 5. The van der Waals surface area contributed by atoms with Gasteiger partial charge in [-0.2, -0.15) is 0 Å². The van der Waals surface area contributed by atoms with Gasteiger partial charge in [-0.3, -0.25) is 14.6 Å². The molecule has 0 spiro atoms. The van der Waals surface area contributed by atoms with Crippen molar-refractivity contribution in [1.29, 1.82) is 0 Å². The van der Waals surface area contributed by atoms with Gasteiger partial charge in [-0.15, -0.1) is 22.7 Å². The van der Waals surface area contributed by atoms with Crippen molar-refractivity contribution in [3.63, 3.8) is 0 Å². The number of aliphatic hydroxyl groups excluding tert-OH is 1. The summed E-state index contributed by atoms with van der Waals surface area (Å²) in [6.45, 7) is 0.287. The molecule has 0 radical (unpaired) electrons. The lowest BCUT2D eigenvalue weighted by Gasteiger charge is -2.25. The number of hydrogen-bond donors (Lipinski definition) is 1. The maximum absolute atomic E-state index is 13.0. The summed E-state index contributed by atoms with van der Waals surface area (Å²) >= 11 is 2.75. The minimum atomic E-state index is -0.592. The maximum Gasteiger partial charge on any atom is 0.290 e. The van der Waals surface area contributed by atoms with Crippen LogP contribution in [0.15, 0.2) is 70.9 Å². The van der Waals surface area contributed by atoms with Crippen molar-refractivity contribution >= 4 is 34.4 Å². The van der Waals surface area contributed by atoms with Gasteiger partial charge in [0.25, 0.3) is 5.91 Å². The summed E-state index contributed by atoms with van der Waals surface area (Å²) < 4.78 is 0. The fourth-order valence-electron chi connectivity index (χ4n) is 3.02. The van der Waals surface area contributed by atoms with E-state index in [9.17, 15) is 14.7 Å². The van der Waals surface area contributed by atoms with Gasteiger partial charge in [0, 0.05) is 23.8 Å². The molecule has 0 aromatic carbocycles. The Bertz CT molecular complexity index is 964. The monoisotopic (exact) mass is 382 g/mol. The first-order chi connectivity index (χ1) is 12.7. The predicted molar refractivity (Wildman–Crippen MR) is 100 cm³/mol. The SMILES string of the molecule is O=C(C1=C(O)C(=O)N(Cc2ccncc2)C1c1cccs1)c1cccs1. The highest BCUT2D eigenvalue weighted by Crippen LogP contribution is 2.41. The topological polar surface area (TPSA) is 70.5 Å². The van der Waals surface area contributed by atoms with Gasteiger partial charge < -0.3 is 10.0 Å². The summed E-state index contributed by atoms with van der Waals surface area (Å²) in [5.74, 6) is -1.29. The molecule has 3 aromatic rings. The third-order valence-electron chi connectivity index (χ3n) is 4.21. The van der Waals surface area contributed by atoms with Crippen LogP contribution in [0.5, 0.6) is 0 Å². The quantitative estimate of drug-likeness (QED) is 0.678. The number of carbonyl (C=O) groups excluding carboxylic acids is 2. The van der Waals surface area contributed by atoms with Crippen molar-refractivity contribution in [3.8, 4) is 0 Å². The van der Waals surface area contributed by atoms with Crippen LogP contribution in [0, 0.1) is 0 Å². The first-order valence-electron chi connectivity index (χ1n) is 7.91. The molecule has 1 N–H and O–H groups in total. The van der Waals surface area contributed by atoms with Gasteiger partial charge in [0.2, 0.25) is 5.78 Å². The summed E-state index contributed by atoms with van der Waals surface area (Å²) in [5.41, 5.74) is 1.03. The zero-order chi connectivity index (χ0) is 18.1. The van der Waals surface area contributed by atoms with Crippen molar-refractivity contribution in [2.45, 2.75) is 12.6 Å². The summed E-state index contributed by atoms with van der Waals surface area (Å²) in [6.07, 6.45) is 3.31. The number of aromatic nitrogens is 1. The highest BCUT2D eigenvalue weighted by Gasteiger charge is 2.44. The minimum absolute atomic E-state index is 0.147. The molecule has 4 heterocycles. The zero-order valence-electron chi connectivity index (χ0n) is 13.5. The van der Waals surface area contributed by atoms with Crippen molar-refractivity contribution < 1.29 is 14.7 Å². The molecule has 1 atom stereocenters. The lowest BCUT2D eigenvalue weighted by Crippen LogP contribution is -2.30. The van der Waals surface area contributed by atoms with Crippen LogP contribution in [0.4, 0.5) is 0 Å².